The van der Waals surface area contributed by atoms with Crippen LogP contribution in [0.5, 0.6) is 17.2 Å². The van der Waals surface area contributed by atoms with Crippen LogP contribution in [-0.2, 0) is 4.43 Å². The van der Waals surface area contributed by atoms with Gasteiger partial charge in [-0.1, -0.05) is 109 Å². The molecule has 0 spiro atoms. The molecule has 5 heteroatoms. The van der Waals surface area contributed by atoms with Gasteiger partial charge in [0.1, 0.15) is 17.2 Å². The van der Waals surface area contributed by atoms with Gasteiger partial charge in [0.05, 0.1) is 12.7 Å². The summed E-state index contributed by atoms with van der Waals surface area (Å²) in [4.78, 5) is 0. The molecule has 41 heavy (non-hydrogen) atoms. The van der Waals surface area contributed by atoms with Gasteiger partial charge in [-0.2, -0.15) is 0 Å². The lowest BCUT2D eigenvalue weighted by atomic mass is 9.84. The number of aromatic hydroxyl groups is 1. The van der Waals surface area contributed by atoms with E-state index < -0.39 is 14.2 Å². The second-order valence-electron chi connectivity index (χ2n) is 11.0. The highest BCUT2D eigenvalue weighted by Gasteiger charge is 2.48. The van der Waals surface area contributed by atoms with Crippen LogP contribution >= 0.6 is 0 Å². The number of phenolic OH excluding ortho intramolecular Hbond substituents is 1. The molecule has 1 unspecified atom stereocenters. The van der Waals surface area contributed by atoms with E-state index in [4.69, 9.17) is 13.6 Å². The molecule has 0 saturated heterocycles. The average Bonchev–Trinajstić information content (AvgIpc) is 2.99. The molecular formula is C36H36O4Si. The van der Waals surface area contributed by atoms with Crippen LogP contribution in [0.15, 0.2) is 133 Å². The van der Waals surface area contributed by atoms with Gasteiger partial charge >= 0.3 is 8.56 Å². The van der Waals surface area contributed by atoms with E-state index in [9.17, 15) is 5.11 Å². The van der Waals surface area contributed by atoms with Gasteiger partial charge in [-0.3, -0.25) is 0 Å². The highest BCUT2D eigenvalue weighted by Crippen LogP contribution is 2.39. The third kappa shape index (κ3) is 6.37. The van der Waals surface area contributed by atoms with Crippen molar-refractivity contribution in [1.82, 2.24) is 0 Å². The Morgan fingerprint density at radius 1 is 0.610 bits per heavy atom. The topological polar surface area (TPSA) is 47.9 Å². The lowest BCUT2D eigenvalue weighted by Crippen LogP contribution is -2.68. The standard InChI is InChI=1S/C36H36O4Si/c1-36(2,3)40-41(31-16-10-6-11-17-31,32-18-12-7-13-19-32)39-29-22-20-28(21-23-29)35(27-14-8-5-9-15-27)33-25-24-30(38-4)26-34(33)37/h5-26,35,37H,1-4H3. The minimum atomic E-state index is -3.17. The van der Waals surface area contributed by atoms with Gasteiger partial charge in [-0.25, -0.2) is 0 Å². The van der Waals surface area contributed by atoms with Crippen molar-refractivity contribution in [2.24, 2.45) is 0 Å². The fourth-order valence-corrected chi connectivity index (χ4v) is 8.59. The third-order valence-electron chi connectivity index (χ3n) is 6.91. The Hall–Kier alpha value is -4.32. The predicted molar refractivity (Wildman–Crippen MR) is 168 cm³/mol. The molecule has 0 aliphatic rings. The summed E-state index contributed by atoms with van der Waals surface area (Å²) in [6.45, 7) is 6.20. The van der Waals surface area contributed by atoms with Crippen LogP contribution in [0.4, 0.5) is 0 Å². The summed E-state index contributed by atoms with van der Waals surface area (Å²) < 4.78 is 19.3. The molecule has 208 valence electrons. The van der Waals surface area contributed by atoms with E-state index in [0.29, 0.717) is 5.75 Å². The third-order valence-corrected chi connectivity index (χ3v) is 10.5. The Labute approximate surface area is 244 Å². The number of hydrogen-bond acceptors (Lipinski definition) is 4. The summed E-state index contributed by atoms with van der Waals surface area (Å²) >= 11 is 0. The highest BCUT2D eigenvalue weighted by atomic mass is 28.4. The maximum absolute atomic E-state index is 11.0. The van der Waals surface area contributed by atoms with Crippen LogP contribution in [0, 0.1) is 0 Å². The largest absolute Gasteiger partial charge is 0.514 e. The monoisotopic (exact) mass is 560 g/mol. The molecule has 0 aliphatic carbocycles. The number of ether oxygens (including phenoxy) is 1. The first-order chi connectivity index (χ1) is 19.8. The molecule has 0 amide bonds. The minimum absolute atomic E-state index is 0.174. The van der Waals surface area contributed by atoms with Crippen LogP contribution in [0.25, 0.3) is 0 Å². The lowest BCUT2D eigenvalue weighted by molar-refractivity contribution is 0.101. The van der Waals surface area contributed by atoms with E-state index in [1.165, 1.54) is 0 Å². The molecule has 0 radical (unpaired) electrons. The zero-order valence-corrected chi connectivity index (χ0v) is 25.0. The molecular weight excluding hydrogens is 524 g/mol. The van der Waals surface area contributed by atoms with E-state index in [0.717, 1.165) is 32.8 Å². The molecule has 0 saturated carbocycles. The number of methoxy groups -OCH3 is 1. The van der Waals surface area contributed by atoms with E-state index >= 15 is 0 Å². The van der Waals surface area contributed by atoms with Gasteiger partial charge in [0, 0.05) is 27.9 Å². The molecule has 0 aliphatic heterocycles. The Morgan fingerprint density at radius 2 is 1.10 bits per heavy atom. The van der Waals surface area contributed by atoms with Gasteiger partial charge in [-0.15, -0.1) is 0 Å². The zero-order chi connectivity index (χ0) is 28.9. The summed E-state index contributed by atoms with van der Waals surface area (Å²) in [5, 5.41) is 13.0. The van der Waals surface area contributed by atoms with Gasteiger partial charge in [0.15, 0.2) is 0 Å². The first-order valence-corrected chi connectivity index (χ1v) is 15.6. The second-order valence-corrected chi connectivity index (χ2v) is 13.8. The molecule has 0 bridgehead atoms. The molecule has 1 N–H and O–H groups in total. The number of hydrogen-bond donors (Lipinski definition) is 1. The number of rotatable bonds is 9. The molecule has 5 aromatic rings. The maximum Gasteiger partial charge on any atom is 0.469 e. The van der Waals surface area contributed by atoms with Gasteiger partial charge in [0.25, 0.3) is 0 Å². The quantitative estimate of drug-likeness (QED) is 0.155. The molecule has 5 rings (SSSR count). The van der Waals surface area contributed by atoms with E-state index in [2.05, 4.69) is 69.3 Å². The van der Waals surface area contributed by atoms with Crippen molar-refractivity contribution in [3.63, 3.8) is 0 Å². The number of benzene rings is 5. The fourth-order valence-electron chi connectivity index (χ4n) is 5.16. The van der Waals surface area contributed by atoms with Crippen molar-refractivity contribution in [1.29, 1.82) is 0 Å². The Bertz CT molecular complexity index is 1510. The van der Waals surface area contributed by atoms with E-state index in [1.807, 2.05) is 78.9 Å². The second kappa shape index (κ2) is 12.0. The fraction of sp³-hybridized carbons (Fsp3) is 0.167. The minimum Gasteiger partial charge on any atom is -0.514 e. The summed E-state index contributed by atoms with van der Waals surface area (Å²) in [6, 6.07) is 44.3. The molecule has 4 nitrogen and oxygen atoms in total. The first-order valence-electron chi connectivity index (χ1n) is 13.8. The normalized spacial score (nSPS) is 12.5. The van der Waals surface area contributed by atoms with Crippen molar-refractivity contribution in [3.05, 3.63) is 150 Å². The predicted octanol–water partition coefficient (Wildman–Crippen LogP) is 7.03. The van der Waals surface area contributed by atoms with E-state index in [-0.39, 0.29) is 11.7 Å². The highest BCUT2D eigenvalue weighted by molar-refractivity contribution is 6.93. The molecule has 0 heterocycles. The van der Waals surface area contributed by atoms with Gasteiger partial charge in [0.2, 0.25) is 0 Å². The smallest absolute Gasteiger partial charge is 0.469 e. The van der Waals surface area contributed by atoms with Crippen molar-refractivity contribution in [3.8, 4) is 17.2 Å². The van der Waals surface area contributed by atoms with Crippen LogP contribution in [-0.4, -0.2) is 26.4 Å². The Balaban J connectivity index is 1.58. The van der Waals surface area contributed by atoms with Gasteiger partial charge < -0.3 is 18.7 Å². The van der Waals surface area contributed by atoms with Crippen LogP contribution < -0.4 is 19.5 Å². The number of phenols is 1. The molecule has 0 aromatic heterocycles. The summed E-state index contributed by atoms with van der Waals surface area (Å²) in [5.74, 6) is 1.36. The van der Waals surface area contributed by atoms with E-state index in [1.54, 1.807) is 13.2 Å². The van der Waals surface area contributed by atoms with Gasteiger partial charge in [-0.05, 0) is 50.1 Å². The zero-order valence-electron chi connectivity index (χ0n) is 24.0. The summed E-state index contributed by atoms with van der Waals surface area (Å²) in [6.07, 6.45) is 0. The molecule has 1 atom stereocenters. The van der Waals surface area contributed by atoms with Crippen LogP contribution in [0.1, 0.15) is 43.4 Å². The molecule has 0 fully saturated rings. The average molecular weight is 561 g/mol. The SMILES string of the molecule is COc1ccc(C(c2ccccc2)c2ccc(O[Si](OC(C)(C)C)(c3ccccc3)c3ccccc3)cc2)c(O)c1. The summed E-state index contributed by atoms with van der Waals surface area (Å²) in [7, 11) is -1.57. The Kier molecular flexibility index (Phi) is 8.29. The van der Waals surface area contributed by atoms with Crippen LogP contribution in [0.3, 0.4) is 0 Å². The lowest BCUT2D eigenvalue weighted by Gasteiger charge is -2.37. The van der Waals surface area contributed by atoms with Crippen molar-refractivity contribution in [2.45, 2.75) is 32.3 Å². The van der Waals surface area contributed by atoms with Crippen molar-refractivity contribution >= 4 is 18.9 Å². The van der Waals surface area contributed by atoms with Crippen molar-refractivity contribution in [2.75, 3.05) is 7.11 Å². The van der Waals surface area contributed by atoms with Crippen molar-refractivity contribution < 1.29 is 18.7 Å². The first kappa shape index (κ1) is 28.2. The maximum atomic E-state index is 11.0. The summed E-state index contributed by atoms with van der Waals surface area (Å²) in [5.41, 5.74) is 2.48. The molecule has 5 aromatic carbocycles. The Morgan fingerprint density at radius 3 is 1.59 bits per heavy atom. The van der Waals surface area contributed by atoms with Crippen LogP contribution in [0.2, 0.25) is 0 Å².